The van der Waals surface area contributed by atoms with Gasteiger partial charge in [-0.3, -0.25) is 4.79 Å². The first-order chi connectivity index (χ1) is 10.5. The lowest BCUT2D eigenvalue weighted by atomic mass is 10.1. The van der Waals surface area contributed by atoms with E-state index in [1.165, 1.54) is 18.3 Å². The van der Waals surface area contributed by atoms with Crippen LogP contribution in [-0.2, 0) is 0 Å². The third-order valence-electron chi connectivity index (χ3n) is 3.33. The summed E-state index contributed by atoms with van der Waals surface area (Å²) in [6, 6.07) is 5.96. The van der Waals surface area contributed by atoms with Gasteiger partial charge in [-0.05, 0) is 43.5 Å². The molecule has 0 aliphatic carbocycles. The number of nitrogens with one attached hydrogen (secondary N) is 1. The van der Waals surface area contributed by atoms with Gasteiger partial charge in [0.25, 0.3) is 5.91 Å². The van der Waals surface area contributed by atoms with Crippen LogP contribution in [-0.4, -0.2) is 22.4 Å². The number of aromatic nitrogens is 2. The quantitative estimate of drug-likeness (QED) is 0.921. The van der Waals surface area contributed by atoms with Gasteiger partial charge >= 0.3 is 0 Å². The van der Waals surface area contributed by atoms with E-state index in [4.69, 9.17) is 0 Å². The molecular weight excluding hydrogens is 281 g/mol. The third kappa shape index (κ3) is 4.10. The highest BCUT2D eigenvalue weighted by molar-refractivity contribution is 5.95. The van der Waals surface area contributed by atoms with Crippen LogP contribution in [0.4, 0.5) is 4.39 Å². The molecule has 2 rings (SSSR count). The molecule has 0 atom stereocenters. The van der Waals surface area contributed by atoms with Crippen molar-refractivity contribution in [2.24, 2.45) is 5.92 Å². The zero-order valence-electron chi connectivity index (χ0n) is 13.1. The van der Waals surface area contributed by atoms with E-state index in [0.717, 1.165) is 12.0 Å². The highest BCUT2D eigenvalue weighted by Gasteiger charge is 2.12. The summed E-state index contributed by atoms with van der Waals surface area (Å²) < 4.78 is 12.9. The molecule has 0 bridgehead atoms. The smallest absolute Gasteiger partial charge is 0.254 e. The van der Waals surface area contributed by atoms with Crippen LogP contribution in [0.5, 0.6) is 0 Å². The molecule has 0 fully saturated rings. The fourth-order valence-electron chi connectivity index (χ4n) is 2.00. The molecule has 0 saturated heterocycles. The zero-order valence-corrected chi connectivity index (χ0v) is 13.1. The molecule has 4 nitrogen and oxygen atoms in total. The molecular formula is C17H20FN3O. The van der Waals surface area contributed by atoms with E-state index in [-0.39, 0.29) is 11.7 Å². The number of amides is 1. The summed E-state index contributed by atoms with van der Waals surface area (Å²) in [6.45, 7) is 6.62. The second kappa shape index (κ2) is 7.11. The van der Waals surface area contributed by atoms with Gasteiger partial charge in [-0.2, -0.15) is 0 Å². The summed E-state index contributed by atoms with van der Waals surface area (Å²) in [6.07, 6.45) is 2.45. The van der Waals surface area contributed by atoms with Gasteiger partial charge in [0.2, 0.25) is 0 Å². The number of rotatable bonds is 5. The number of carbonyl (C=O) groups excluding carboxylic acids is 1. The Hall–Kier alpha value is -2.30. The second-order valence-corrected chi connectivity index (χ2v) is 5.64. The van der Waals surface area contributed by atoms with Crippen LogP contribution in [0.15, 0.2) is 30.5 Å². The summed E-state index contributed by atoms with van der Waals surface area (Å²) in [5.74, 6) is 0.556. The van der Waals surface area contributed by atoms with Gasteiger partial charge in [-0.1, -0.05) is 13.8 Å². The standard InChI is InChI=1S/C17H20FN3O/c1-11(2)8-9-19-17(22)15-10-20-16(21-12(15)3)13-4-6-14(18)7-5-13/h4-7,10-11H,8-9H2,1-3H3,(H,19,22). The van der Waals surface area contributed by atoms with Gasteiger partial charge in [-0.15, -0.1) is 0 Å². The van der Waals surface area contributed by atoms with Crippen LogP contribution in [0, 0.1) is 18.7 Å². The van der Waals surface area contributed by atoms with E-state index in [9.17, 15) is 9.18 Å². The molecule has 1 aromatic carbocycles. The Kier molecular flexibility index (Phi) is 5.20. The molecule has 0 radical (unpaired) electrons. The Morgan fingerprint density at radius 1 is 1.27 bits per heavy atom. The average molecular weight is 301 g/mol. The van der Waals surface area contributed by atoms with Gasteiger partial charge < -0.3 is 5.32 Å². The fraction of sp³-hybridized carbons (Fsp3) is 0.353. The van der Waals surface area contributed by atoms with Gasteiger partial charge in [-0.25, -0.2) is 14.4 Å². The monoisotopic (exact) mass is 301 g/mol. The summed E-state index contributed by atoms with van der Waals surface area (Å²) in [5, 5.41) is 2.87. The molecule has 0 unspecified atom stereocenters. The number of nitrogens with zero attached hydrogens (tertiary/aromatic N) is 2. The number of aryl methyl sites for hydroxylation is 1. The summed E-state index contributed by atoms with van der Waals surface area (Å²) in [7, 11) is 0. The minimum Gasteiger partial charge on any atom is -0.352 e. The number of carbonyl (C=O) groups is 1. The molecule has 0 aliphatic rings. The van der Waals surface area contributed by atoms with Crippen LogP contribution >= 0.6 is 0 Å². The van der Waals surface area contributed by atoms with E-state index in [0.29, 0.717) is 29.5 Å². The number of hydrogen-bond donors (Lipinski definition) is 1. The first-order valence-corrected chi connectivity index (χ1v) is 7.35. The molecule has 0 spiro atoms. The third-order valence-corrected chi connectivity index (χ3v) is 3.33. The lowest BCUT2D eigenvalue weighted by molar-refractivity contribution is 0.0950. The highest BCUT2D eigenvalue weighted by atomic mass is 19.1. The Morgan fingerprint density at radius 2 is 1.95 bits per heavy atom. The molecule has 0 saturated carbocycles. The molecule has 0 aliphatic heterocycles. The normalized spacial score (nSPS) is 10.8. The van der Waals surface area contributed by atoms with Crippen molar-refractivity contribution < 1.29 is 9.18 Å². The minimum absolute atomic E-state index is 0.163. The van der Waals surface area contributed by atoms with Gasteiger partial charge in [0.1, 0.15) is 5.82 Å². The predicted octanol–water partition coefficient (Wildman–Crippen LogP) is 3.37. The van der Waals surface area contributed by atoms with Gasteiger partial charge in [0.15, 0.2) is 5.82 Å². The van der Waals surface area contributed by atoms with E-state index in [1.807, 2.05) is 0 Å². The first kappa shape index (κ1) is 16.1. The molecule has 116 valence electrons. The number of benzene rings is 1. The maximum atomic E-state index is 12.9. The van der Waals surface area contributed by atoms with Crippen LogP contribution in [0.2, 0.25) is 0 Å². The van der Waals surface area contributed by atoms with E-state index in [2.05, 4.69) is 29.1 Å². The fourth-order valence-corrected chi connectivity index (χ4v) is 2.00. The van der Waals surface area contributed by atoms with Crippen molar-refractivity contribution in [2.75, 3.05) is 6.54 Å². The lowest BCUT2D eigenvalue weighted by Crippen LogP contribution is -2.26. The maximum absolute atomic E-state index is 12.9. The Balaban J connectivity index is 2.12. The largest absolute Gasteiger partial charge is 0.352 e. The summed E-state index contributed by atoms with van der Waals surface area (Å²) in [4.78, 5) is 20.7. The van der Waals surface area contributed by atoms with Crippen molar-refractivity contribution in [1.29, 1.82) is 0 Å². The van der Waals surface area contributed by atoms with Gasteiger partial charge in [0.05, 0.1) is 11.3 Å². The van der Waals surface area contributed by atoms with Crippen LogP contribution < -0.4 is 5.32 Å². The van der Waals surface area contributed by atoms with Crippen molar-refractivity contribution in [1.82, 2.24) is 15.3 Å². The van der Waals surface area contributed by atoms with Crippen molar-refractivity contribution in [2.45, 2.75) is 27.2 Å². The predicted molar refractivity (Wildman–Crippen MR) is 84.0 cm³/mol. The molecule has 1 amide bonds. The second-order valence-electron chi connectivity index (χ2n) is 5.64. The minimum atomic E-state index is -0.304. The van der Waals surface area contributed by atoms with Crippen LogP contribution in [0.3, 0.4) is 0 Å². The average Bonchev–Trinajstić information content (AvgIpc) is 2.47. The van der Waals surface area contributed by atoms with E-state index in [1.54, 1.807) is 19.1 Å². The van der Waals surface area contributed by atoms with Crippen molar-refractivity contribution in [3.05, 3.63) is 47.5 Å². The van der Waals surface area contributed by atoms with Crippen LogP contribution in [0.25, 0.3) is 11.4 Å². The zero-order chi connectivity index (χ0) is 16.1. The molecule has 22 heavy (non-hydrogen) atoms. The lowest BCUT2D eigenvalue weighted by Gasteiger charge is -2.09. The van der Waals surface area contributed by atoms with Crippen LogP contribution in [0.1, 0.15) is 36.3 Å². The molecule has 1 aromatic heterocycles. The maximum Gasteiger partial charge on any atom is 0.254 e. The van der Waals surface area contributed by atoms with E-state index < -0.39 is 0 Å². The number of hydrogen-bond acceptors (Lipinski definition) is 3. The Labute approximate surface area is 129 Å². The SMILES string of the molecule is Cc1nc(-c2ccc(F)cc2)ncc1C(=O)NCCC(C)C. The summed E-state index contributed by atoms with van der Waals surface area (Å²) >= 11 is 0. The molecule has 5 heteroatoms. The Bertz CT molecular complexity index is 653. The molecule has 1 N–H and O–H groups in total. The summed E-state index contributed by atoms with van der Waals surface area (Å²) in [5.41, 5.74) is 1.79. The van der Waals surface area contributed by atoms with Gasteiger partial charge in [0, 0.05) is 18.3 Å². The van der Waals surface area contributed by atoms with E-state index >= 15 is 0 Å². The first-order valence-electron chi connectivity index (χ1n) is 7.35. The van der Waals surface area contributed by atoms with Crippen molar-refractivity contribution >= 4 is 5.91 Å². The van der Waals surface area contributed by atoms with Crippen molar-refractivity contribution in [3.8, 4) is 11.4 Å². The van der Waals surface area contributed by atoms with Crippen molar-refractivity contribution in [3.63, 3.8) is 0 Å². The highest BCUT2D eigenvalue weighted by Crippen LogP contribution is 2.16. The molecule has 1 heterocycles. The Morgan fingerprint density at radius 3 is 2.55 bits per heavy atom. The number of halogens is 1. The molecule has 2 aromatic rings. The topological polar surface area (TPSA) is 54.9 Å².